The van der Waals surface area contributed by atoms with Crippen LogP contribution in [0.1, 0.15) is 50.9 Å². The number of aromatic nitrogens is 1. The third kappa shape index (κ3) is 2.79. The highest BCUT2D eigenvalue weighted by atomic mass is 32.2. The van der Waals surface area contributed by atoms with E-state index in [0.717, 1.165) is 38.0 Å². The maximum Gasteiger partial charge on any atom is 0.0976 e. The molecule has 0 radical (unpaired) electrons. The summed E-state index contributed by atoms with van der Waals surface area (Å²) >= 11 is 0. The van der Waals surface area contributed by atoms with Crippen molar-refractivity contribution >= 4 is 11.0 Å². The average molecular weight is 307 g/mol. The van der Waals surface area contributed by atoms with Gasteiger partial charge >= 0.3 is 0 Å². The maximum atomic E-state index is 12.6. The average Bonchev–Trinajstić information content (AvgIpc) is 2.72. The molecule has 0 amide bonds. The molecule has 1 aliphatic heterocycles. The summed E-state index contributed by atoms with van der Waals surface area (Å²) < 4.78 is 15.8. The van der Waals surface area contributed by atoms with Gasteiger partial charge in [-0.15, -0.1) is 0 Å². The molecule has 116 valence electrons. The predicted octanol–water partition coefficient (Wildman–Crippen LogP) is 2.10. The third-order valence-electron chi connectivity index (χ3n) is 4.73. The van der Waals surface area contributed by atoms with Gasteiger partial charge in [0.2, 0.25) is 0 Å². The van der Waals surface area contributed by atoms with Crippen LogP contribution in [0.25, 0.3) is 0 Å². The van der Waals surface area contributed by atoms with Crippen LogP contribution in [0.5, 0.6) is 0 Å². The zero-order valence-corrected chi connectivity index (χ0v) is 13.9. The predicted molar refractivity (Wildman–Crippen MR) is 86.2 cm³/mol. The van der Waals surface area contributed by atoms with Gasteiger partial charge in [0.25, 0.3) is 0 Å². The highest BCUT2D eigenvalue weighted by Crippen LogP contribution is 2.50. The zero-order chi connectivity index (χ0) is 15.1. The SMILES string of the molecule is CC(C)(C)S(=O)N[C@@H]1c2ncccc2CC12CCNCC2. The fourth-order valence-electron chi connectivity index (χ4n) is 3.49. The third-order valence-corrected chi connectivity index (χ3v) is 6.30. The number of nitrogens with one attached hydrogen (secondary N) is 2. The van der Waals surface area contributed by atoms with E-state index in [-0.39, 0.29) is 16.2 Å². The standard InChI is InChI=1S/C16H25N3OS/c1-15(2,3)21(20)19-14-13-12(5-4-8-18-13)11-16(14)6-9-17-10-7-16/h4-5,8,14,17,19H,6-7,9-11H2,1-3H3/t14-,21?/m1/s1. The summed E-state index contributed by atoms with van der Waals surface area (Å²) in [4.78, 5) is 4.61. The smallest absolute Gasteiger partial charge is 0.0976 e. The molecule has 1 spiro atoms. The topological polar surface area (TPSA) is 54.0 Å². The first-order chi connectivity index (χ1) is 9.92. The first kappa shape index (κ1) is 15.1. The van der Waals surface area contributed by atoms with Gasteiger partial charge in [-0.3, -0.25) is 4.98 Å². The Morgan fingerprint density at radius 2 is 2.10 bits per heavy atom. The van der Waals surface area contributed by atoms with E-state index in [9.17, 15) is 4.21 Å². The Kier molecular flexibility index (Phi) is 3.93. The number of hydrogen-bond acceptors (Lipinski definition) is 3. The first-order valence-electron chi connectivity index (χ1n) is 7.75. The molecular formula is C16H25N3OS. The summed E-state index contributed by atoms with van der Waals surface area (Å²) in [5.41, 5.74) is 2.60. The van der Waals surface area contributed by atoms with Crippen LogP contribution in [0.3, 0.4) is 0 Å². The lowest BCUT2D eigenvalue weighted by Crippen LogP contribution is -2.46. The lowest BCUT2D eigenvalue weighted by Gasteiger charge is -2.40. The van der Waals surface area contributed by atoms with Crippen LogP contribution < -0.4 is 10.0 Å². The first-order valence-corrected chi connectivity index (χ1v) is 8.90. The van der Waals surface area contributed by atoms with Crippen molar-refractivity contribution in [3.05, 3.63) is 29.6 Å². The minimum atomic E-state index is -1.07. The highest BCUT2D eigenvalue weighted by Gasteiger charge is 2.48. The van der Waals surface area contributed by atoms with E-state index in [4.69, 9.17) is 0 Å². The van der Waals surface area contributed by atoms with Crippen molar-refractivity contribution in [2.45, 2.75) is 50.8 Å². The summed E-state index contributed by atoms with van der Waals surface area (Å²) in [5, 5.41) is 3.44. The number of rotatable bonds is 2. The summed E-state index contributed by atoms with van der Waals surface area (Å²) in [5.74, 6) is 0. The molecule has 21 heavy (non-hydrogen) atoms. The van der Waals surface area contributed by atoms with Crippen LogP contribution in [0, 0.1) is 5.41 Å². The zero-order valence-electron chi connectivity index (χ0n) is 13.1. The molecule has 4 nitrogen and oxygen atoms in total. The van der Waals surface area contributed by atoms with Gasteiger partial charge in [0.1, 0.15) is 0 Å². The van der Waals surface area contributed by atoms with Gasteiger partial charge < -0.3 is 5.32 Å². The minimum absolute atomic E-state index is 0.107. The van der Waals surface area contributed by atoms with Crippen LogP contribution in [0.4, 0.5) is 0 Å². The molecule has 0 bridgehead atoms. The molecule has 3 rings (SSSR count). The van der Waals surface area contributed by atoms with E-state index in [1.807, 2.05) is 33.0 Å². The van der Waals surface area contributed by atoms with Crippen LogP contribution in [-0.2, 0) is 17.4 Å². The van der Waals surface area contributed by atoms with Crippen LogP contribution >= 0.6 is 0 Å². The second-order valence-electron chi connectivity index (χ2n) is 7.27. The van der Waals surface area contributed by atoms with Crippen molar-refractivity contribution < 1.29 is 4.21 Å². The van der Waals surface area contributed by atoms with E-state index in [0.29, 0.717) is 0 Å². The van der Waals surface area contributed by atoms with Crippen molar-refractivity contribution in [3.63, 3.8) is 0 Å². The van der Waals surface area contributed by atoms with Gasteiger partial charge in [-0.1, -0.05) is 6.07 Å². The normalized spacial score (nSPS) is 25.8. The summed E-state index contributed by atoms with van der Waals surface area (Å²) in [6.45, 7) is 8.11. The summed E-state index contributed by atoms with van der Waals surface area (Å²) in [7, 11) is -1.07. The van der Waals surface area contributed by atoms with Gasteiger partial charge in [0.15, 0.2) is 0 Å². The Morgan fingerprint density at radius 3 is 2.76 bits per heavy atom. The largest absolute Gasteiger partial charge is 0.317 e. The Morgan fingerprint density at radius 1 is 1.38 bits per heavy atom. The van der Waals surface area contributed by atoms with Gasteiger partial charge in [-0.2, -0.15) is 0 Å². The number of piperidine rings is 1. The Bertz CT molecular complexity index is 547. The van der Waals surface area contributed by atoms with E-state index in [1.54, 1.807) is 0 Å². The molecule has 2 heterocycles. The van der Waals surface area contributed by atoms with Gasteiger partial charge in [0, 0.05) is 6.20 Å². The Labute approximate surface area is 129 Å². The number of pyridine rings is 1. The maximum absolute atomic E-state index is 12.6. The van der Waals surface area contributed by atoms with Crippen molar-refractivity contribution in [2.75, 3.05) is 13.1 Å². The van der Waals surface area contributed by atoms with Gasteiger partial charge in [-0.05, 0) is 70.2 Å². The molecule has 1 aliphatic carbocycles. The van der Waals surface area contributed by atoms with Crippen molar-refractivity contribution in [2.24, 2.45) is 5.41 Å². The molecule has 2 aliphatic rings. The summed E-state index contributed by atoms with van der Waals surface area (Å²) in [6, 6.07) is 4.29. The number of hydrogen-bond donors (Lipinski definition) is 2. The molecule has 1 saturated heterocycles. The Hall–Kier alpha value is -0.780. The van der Waals surface area contributed by atoms with Gasteiger partial charge in [-0.25, -0.2) is 8.93 Å². The molecule has 2 atom stereocenters. The monoisotopic (exact) mass is 307 g/mol. The fourth-order valence-corrected chi connectivity index (χ4v) is 4.42. The summed E-state index contributed by atoms with van der Waals surface area (Å²) in [6.07, 6.45) is 5.13. The van der Waals surface area contributed by atoms with Crippen molar-refractivity contribution in [3.8, 4) is 0 Å². The van der Waals surface area contributed by atoms with Crippen LogP contribution in [0.15, 0.2) is 18.3 Å². The number of fused-ring (bicyclic) bond motifs is 1. The second-order valence-corrected chi connectivity index (χ2v) is 9.27. The van der Waals surface area contributed by atoms with E-state index in [2.05, 4.69) is 21.1 Å². The molecule has 1 aromatic rings. The number of nitrogens with zero attached hydrogens (tertiary/aromatic N) is 1. The van der Waals surface area contributed by atoms with E-state index in [1.165, 1.54) is 5.56 Å². The molecule has 1 fully saturated rings. The molecule has 0 saturated carbocycles. The highest BCUT2D eigenvalue weighted by molar-refractivity contribution is 7.84. The minimum Gasteiger partial charge on any atom is -0.317 e. The molecular weight excluding hydrogens is 282 g/mol. The molecule has 2 N–H and O–H groups in total. The van der Waals surface area contributed by atoms with Crippen LogP contribution in [-0.4, -0.2) is 27.0 Å². The molecule has 0 aromatic carbocycles. The second kappa shape index (κ2) is 5.45. The van der Waals surface area contributed by atoms with Crippen LogP contribution in [0.2, 0.25) is 0 Å². The lowest BCUT2D eigenvalue weighted by molar-refractivity contribution is 0.163. The fraction of sp³-hybridized carbons (Fsp3) is 0.688. The lowest BCUT2D eigenvalue weighted by atomic mass is 9.74. The quantitative estimate of drug-likeness (QED) is 0.880. The Balaban J connectivity index is 1.94. The van der Waals surface area contributed by atoms with Crippen molar-refractivity contribution in [1.29, 1.82) is 0 Å². The van der Waals surface area contributed by atoms with E-state index >= 15 is 0 Å². The van der Waals surface area contributed by atoms with E-state index < -0.39 is 11.0 Å². The molecule has 5 heteroatoms. The molecule has 1 aromatic heterocycles. The van der Waals surface area contributed by atoms with Crippen molar-refractivity contribution in [1.82, 2.24) is 15.0 Å². The van der Waals surface area contributed by atoms with Gasteiger partial charge in [0.05, 0.1) is 27.5 Å². The molecule has 1 unspecified atom stereocenters.